The van der Waals surface area contributed by atoms with Gasteiger partial charge in [-0.15, -0.1) is 0 Å². The van der Waals surface area contributed by atoms with Crippen molar-refractivity contribution < 1.29 is 4.42 Å². The van der Waals surface area contributed by atoms with Crippen molar-refractivity contribution in [2.45, 2.75) is 19.3 Å². The van der Waals surface area contributed by atoms with E-state index in [4.69, 9.17) is 22.4 Å². The first-order valence-corrected chi connectivity index (χ1v) is 8.09. The molecule has 2 aromatic heterocycles. The molecule has 0 unspecified atom stereocenters. The van der Waals surface area contributed by atoms with E-state index < -0.39 is 0 Å². The number of thiocarbonyl (C=S) groups is 1. The maximum Gasteiger partial charge on any atom is 0.141 e. The maximum atomic E-state index is 5.92. The van der Waals surface area contributed by atoms with Gasteiger partial charge in [-0.25, -0.2) is 4.98 Å². The van der Waals surface area contributed by atoms with Crippen molar-refractivity contribution in [3.8, 4) is 0 Å². The average molecular weight is 323 g/mol. The largest absolute Gasteiger partial charge is 0.461 e. The number of furan rings is 1. The van der Waals surface area contributed by atoms with Crippen molar-refractivity contribution >= 4 is 39.9 Å². The van der Waals surface area contributed by atoms with Crippen LogP contribution in [0.5, 0.6) is 0 Å². The Balaban J connectivity index is 1.72. The van der Waals surface area contributed by atoms with Crippen molar-refractivity contribution in [3.63, 3.8) is 0 Å². The molecule has 5 heteroatoms. The lowest BCUT2D eigenvalue weighted by Gasteiger charge is -2.00. The molecule has 0 spiro atoms. The molecule has 1 fully saturated rings. The van der Waals surface area contributed by atoms with Crippen LogP contribution < -0.4 is 5.73 Å². The van der Waals surface area contributed by atoms with Gasteiger partial charge >= 0.3 is 0 Å². The molecule has 1 aliphatic rings. The number of aromatic nitrogens is 2. The van der Waals surface area contributed by atoms with Gasteiger partial charge < -0.3 is 15.1 Å². The summed E-state index contributed by atoms with van der Waals surface area (Å²) in [6.07, 6.45) is 3.05. The van der Waals surface area contributed by atoms with E-state index in [1.54, 1.807) is 0 Å². The van der Waals surface area contributed by atoms with Crippen LogP contribution in [0, 0.1) is 5.92 Å². The number of fused-ring (bicyclic) bond motifs is 1. The predicted molar refractivity (Wildman–Crippen MR) is 96.0 cm³/mol. The third kappa shape index (κ3) is 2.68. The van der Waals surface area contributed by atoms with Crippen molar-refractivity contribution in [2.75, 3.05) is 0 Å². The van der Waals surface area contributed by atoms with Crippen molar-refractivity contribution in [1.82, 2.24) is 9.97 Å². The number of hydrogen-bond donors (Lipinski definition) is 2. The van der Waals surface area contributed by atoms with E-state index >= 15 is 0 Å². The van der Waals surface area contributed by atoms with Crippen LogP contribution in [0.25, 0.3) is 22.7 Å². The molecule has 1 aliphatic carbocycles. The number of para-hydroxylation sites is 2. The molecule has 0 amide bonds. The second kappa shape index (κ2) is 5.35. The van der Waals surface area contributed by atoms with Crippen molar-refractivity contribution in [2.24, 2.45) is 11.7 Å². The zero-order valence-corrected chi connectivity index (χ0v) is 13.6. The standard InChI is InChI=1S/C18H17N3OS/c1-10-8-12(10)16-7-6-11(22-16)9-13(17(19)23)18-20-14-4-2-3-5-15(14)21-18/h2-7,9-10,12H,8H2,1H3,(H2,19,23)(H,20,21)/b13-9+/t10-,12+/m1/s1. The SMILES string of the molecule is C[C@@H]1C[C@@H]1c1ccc(/C=C(\C(N)=S)c2nc3ccccc3[nH]2)o1. The Morgan fingerprint density at radius 1 is 1.35 bits per heavy atom. The van der Waals surface area contributed by atoms with E-state index in [1.165, 1.54) is 6.42 Å². The van der Waals surface area contributed by atoms with Gasteiger partial charge in [0.1, 0.15) is 22.3 Å². The van der Waals surface area contributed by atoms with Gasteiger partial charge in [-0.05, 0) is 42.7 Å². The smallest absolute Gasteiger partial charge is 0.141 e. The van der Waals surface area contributed by atoms with Gasteiger partial charge in [0.25, 0.3) is 0 Å². The number of H-pyrrole nitrogens is 1. The molecular formula is C18H17N3OS. The summed E-state index contributed by atoms with van der Waals surface area (Å²) in [5, 5.41) is 0. The monoisotopic (exact) mass is 323 g/mol. The average Bonchev–Trinajstić information content (AvgIpc) is 2.96. The van der Waals surface area contributed by atoms with Gasteiger partial charge in [0.15, 0.2) is 0 Å². The molecule has 0 radical (unpaired) electrons. The molecular weight excluding hydrogens is 306 g/mol. The number of hydrogen-bond acceptors (Lipinski definition) is 3. The Morgan fingerprint density at radius 3 is 2.83 bits per heavy atom. The zero-order valence-electron chi connectivity index (χ0n) is 12.7. The third-order valence-electron chi connectivity index (χ3n) is 4.32. The zero-order chi connectivity index (χ0) is 16.0. The molecule has 4 nitrogen and oxygen atoms in total. The fourth-order valence-corrected chi connectivity index (χ4v) is 3.00. The maximum absolute atomic E-state index is 5.92. The molecule has 23 heavy (non-hydrogen) atoms. The minimum atomic E-state index is 0.293. The highest BCUT2D eigenvalue weighted by Gasteiger charge is 2.36. The van der Waals surface area contributed by atoms with Crippen LogP contribution in [0.1, 0.15) is 36.6 Å². The Kier molecular flexibility index (Phi) is 3.31. The Labute approximate surface area is 139 Å². The minimum absolute atomic E-state index is 0.293. The second-order valence-corrected chi connectivity index (χ2v) is 6.52. The summed E-state index contributed by atoms with van der Waals surface area (Å²) in [6.45, 7) is 2.23. The van der Waals surface area contributed by atoms with E-state index in [2.05, 4.69) is 16.9 Å². The molecule has 3 N–H and O–H groups in total. The number of nitrogens with one attached hydrogen (secondary N) is 1. The quantitative estimate of drug-likeness (QED) is 0.560. The van der Waals surface area contributed by atoms with Crippen molar-refractivity contribution in [1.29, 1.82) is 0 Å². The van der Waals surface area contributed by atoms with Gasteiger partial charge in [0.2, 0.25) is 0 Å². The van der Waals surface area contributed by atoms with E-state index in [1.807, 2.05) is 42.5 Å². The molecule has 1 aromatic carbocycles. The number of imidazole rings is 1. The van der Waals surface area contributed by atoms with Crippen LogP contribution in [0.3, 0.4) is 0 Å². The summed E-state index contributed by atoms with van der Waals surface area (Å²) < 4.78 is 5.92. The fourth-order valence-electron chi connectivity index (χ4n) is 2.84. The third-order valence-corrected chi connectivity index (χ3v) is 4.54. The highest BCUT2D eigenvalue weighted by molar-refractivity contribution is 7.81. The summed E-state index contributed by atoms with van der Waals surface area (Å²) in [7, 11) is 0. The summed E-state index contributed by atoms with van der Waals surface area (Å²) in [5.41, 5.74) is 8.42. The molecule has 3 aromatic rings. The number of aromatic amines is 1. The Hall–Kier alpha value is -2.40. The van der Waals surface area contributed by atoms with E-state index in [-0.39, 0.29) is 0 Å². The molecule has 1 saturated carbocycles. The van der Waals surface area contributed by atoms with E-state index in [0.717, 1.165) is 22.6 Å². The summed E-state index contributed by atoms with van der Waals surface area (Å²) >= 11 is 5.20. The van der Waals surface area contributed by atoms with Crippen LogP contribution in [0.4, 0.5) is 0 Å². The van der Waals surface area contributed by atoms with E-state index in [9.17, 15) is 0 Å². The topological polar surface area (TPSA) is 67.8 Å². The molecule has 0 bridgehead atoms. The van der Waals surface area contributed by atoms with Crippen molar-refractivity contribution in [3.05, 3.63) is 53.7 Å². The first kappa shape index (κ1) is 14.2. The highest BCUT2D eigenvalue weighted by atomic mass is 32.1. The number of benzene rings is 1. The fraction of sp³-hybridized carbons (Fsp3) is 0.222. The molecule has 116 valence electrons. The minimum Gasteiger partial charge on any atom is -0.461 e. The lowest BCUT2D eigenvalue weighted by Crippen LogP contribution is -2.11. The van der Waals surface area contributed by atoms with Crippen LogP contribution in [-0.2, 0) is 0 Å². The summed E-state index contributed by atoms with van der Waals surface area (Å²) in [5.74, 6) is 3.72. The lowest BCUT2D eigenvalue weighted by molar-refractivity contribution is 0.498. The first-order chi connectivity index (χ1) is 11.1. The Morgan fingerprint density at radius 2 is 2.13 bits per heavy atom. The van der Waals surface area contributed by atoms with Crippen LogP contribution in [-0.4, -0.2) is 15.0 Å². The second-order valence-electron chi connectivity index (χ2n) is 6.08. The van der Waals surface area contributed by atoms with Crippen LogP contribution in [0.2, 0.25) is 0 Å². The predicted octanol–water partition coefficient (Wildman–Crippen LogP) is 4.11. The van der Waals surface area contributed by atoms with Gasteiger partial charge in [0, 0.05) is 5.92 Å². The lowest BCUT2D eigenvalue weighted by atomic mass is 10.2. The molecule has 4 rings (SSSR count). The van der Waals surface area contributed by atoms with Crippen LogP contribution >= 0.6 is 12.2 Å². The molecule has 0 aliphatic heterocycles. The molecule has 2 heterocycles. The van der Waals surface area contributed by atoms with Gasteiger partial charge in [0.05, 0.1) is 16.6 Å². The van der Waals surface area contributed by atoms with Gasteiger partial charge in [-0.1, -0.05) is 31.3 Å². The highest BCUT2D eigenvalue weighted by Crippen LogP contribution is 2.47. The van der Waals surface area contributed by atoms with Gasteiger partial charge in [-0.2, -0.15) is 0 Å². The molecule has 0 saturated heterocycles. The van der Waals surface area contributed by atoms with Gasteiger partial charge in [-0.3, -0.25) is 0 Å². The Bertz CT molecular complexity index is 888. The number of nitrogens with two attached hydrogens (primary N) is 1. The number of nitrogens with zero attached hydrogens (tertiary/aromatic N) is 1. The summed E-state index contributed by atoms with van der Waals surface area (Å²) in [4.78, 5) is 8.11. The normalized spacial score (nSPS) is 20.8. The van der Waals surface area contributed by atoms with E-state index in [0.29, 0.717) is 28.2 Å². The molecule has 2 atom stereocenters. The number of rotatable bonds is 4. The van der Waals surface area contributed by atoms with Crippen LogP contribution in [0.15, 0.2) is 40.8 Å². The summed E-state index contributed by atoms with van der Waals surface area (Å²) in [6, 6.07) is 11.8. The first-order valence-electron chi connectivity index (χ1n) is 7.68.